The molecule has 0 aliphatic carbocycles. The van der Waals surface area contributed by atoms with E-state index in [4.69, 9.17) is 5.73 Å². The van der Waals surface area contributed by atoms with Crippen LogP contribution in [0.1, 0.15) is 25.8 Å². The van der Waals surface area contributed by atoms with Crippen molar-refractivity contribution in [3.63, 3.8) is 0 Å². The summed E-state index contributed by atoms with van der Waals surface area (Å²) in [4.78, 5) is 13.8. The summed E-state index contributed by atoms with van der Waals surface area (Å²) < 4.78 is 0. The van der Waals surface area contributed by atoms with Gasteiger partial charge in [-0.3, -0.25) is 4.79 Å². The Balaban J connectivity index is 2.77. The van der Waals surface area contributed by atoms with Crippen molar-refractivity contribution in [1.82, 2.24) is 0 Å². The molecule has 0 atom stereocenters. The minimum atomic E-state index is -0.144. The minimum Gasteiger partial charge on any atom is -0.330 e. The molecule has 17 heavy (non-hydrogen) atoms. The van der Waals surface area contributed by atoms with Crippen molar-refractivity contribution >= 4 is 11.6 Å². The Bertz CT molecular complexity index is 399. The van der Waals surface area contributed by atoms with Crippen LogP contribution in [0.2, 0.25) is 0 Å². The first-order chi connectivity index (χ1) is 7.85. The molecule has 1 rings (SSSR count). The third-order valence-electron chi connectivity index (χ3n) is 2.95. The number of carbonyl (C=O) groups excluding carboxylic acids is 1. The van der Waals surface area contributed by atoms with Crippen LogP contribution >= 0.6 is 0 Å². The predicted octanol–water partition coefficient (Wildman–Crippen LogP) is 2.33. The standard InChI is InChI=1S/C14H22N2O/c1-11-6-5-7-12(8-11)16(4)13(17)9-14(2,3)10-15/h5-8H,9-10,15H2,1-4H3. The molecule has 0 fully saturated rings. The van der Waals surface area contributed by atoms with E-state index < -0.39 is 0 Å². The van der Waals surface area contributed by atoms with Gasteiger partial charge in [0.25, 0.3) is 0 Å². The minimum absolute atomic E-state index is 0.103. The average molecular weight is 234 g/mol. The highest BCUT2D eigenvalue weighted by Gasteiger charge is 2.22. The van der Waals surface area contributed by atoms with E-state index in [1.807, 2.05) is 52.1 Å². The highest BCUT2D eigenvalue weighted by atomic mass is 16.2. The number of nitrogens with zero attached hydrogens (tertiary/aromatic N) is 1. The summed E-state index contributed by atoms with van der Waals surface area (Å²) in [6, 6.07) is 7.93. The molecule has 0 saturated carbocycles. The van der Waals surface area contributed by atoms with E-state index in [1.54, 1.807) is 4.90 Å². The van der Waals surface area contributed by atoms with Crippen LogP contribution in [0.5, 0.6) is 0 Å². The summed E-state index contributed by atoms with van der Waals surface area (Å²) in [5, 5.41) is 0. The fourth-order valence-electron chi connectivity index (χ4n) is 1.58. The average Bonchev–Trinajstić information content (AvgIpc) is 2.27. The molecule has 1 aromatic carbocycles. The Hall–Kier alpha value is -1.35. The molecule has 0 radical (unpaired) electrons. The molecule has 1 aromatic rings. The van der Waals surface area contributed by atoms with Crippen LogP contribution in [0.25, 0.3) is 0 Å². The molecular formula is C14H22N2O. The van der Waals surface area contributed by atoms with Gasteiger partial charge in [0.2, 0.25) is 5.91 Å². The normalized spacial score (nSPS) is 11.4. The maximum Gasteiger partial charge on any atom is 0.227 e. The van der Waals surface area contributed by atoms with Crippen molar-refractivity contribution < 1.29 is 4.79 Å². The van der Waals surface area contributed by atoms with Crippen LogP contribution in [-0.4, -0.2) is 19.5 Å². The number of carbonyl (C=O) groups is 1. The van der Waals surface area contributed by atoms with Crippen molar-refractivity contribution in [3.05, 3.63) is 29.8 Å². The molecule has 0 bridgehead atoms. The number of amides is 1. The van der Waals surface area contributed by atoms with Crippen molar-refractivity contribution in [1.29, 1.82) is 0 Å². The van der Waals surface area contributed by atoms with Gasteiger partial charge in [-0.15, -0.1) is 0 Å². The van der Waals surface area contributed by atoms with Crippen LogP contribution in [-0.2, 0) is 4.79 Å². The highest BCUT2D eigenvalue weighted by molar-refractivity contribution is 5.93. The number of hydrogen-bond donors (Lipinski definition) is 1. The summed E-state index contributed by atoms with van der Waals surface area (Å²) in [6.07, 6.45) is 0.466. The first-order valence-corrected chi connectivity index (χ1v) is 5.89. The monoisotopic (exact) mass is 234 g/mol. The number of nitrogens with two attached hydrogens (primary N) is 1. The molecular weight excluding hydrogens is 212 g/mol. The fraction of sp³-hybridized carbons (Fsp3) is 0.500. The second kappa shape index (κ2) is 5.32. The van der Waals surface area contributed by atoms with Gasteiger partial charge in [0.15, 0.2) is 0 Å². The Labute approximate surface area is 104 Å². The van der Waals surface area contributed by atoms with Gasteiger partial charge in [-0.25, -0.2) is 0 Å². The Morgan fingerprint density at radius 2 is 2.06 bits per heavy atom. The zero-order chi connectivity index (χ0) is 13.1. The summed E-state index contributed by atoms with van der Waals surface area (Å²) in [5.41, 5.74) is 7.59. The lowest BCUT2D eigenvalue weighted by Crippen LogP contribution is -2.34. The topological polar surface area (TPSA) is 46.3 Å². The number of anilines is 1. The van der Waals surface area contributed by atoms with E-state index in [2.05, 4.69) is 0 Å². The smallest absolute Gasteiger partial charge is 0.227 e. The molecule has 0 unspecified atom stereocenters. The molecule has 3 nitrogen and oxygen atoms in total. The largest absolute Gasteiger partial charge is 0.330 e. The molecule has 2 N–H and O–H groups in total. The molecule has 0 heterocycles. The zero-order valence-corrected chi connectivity index (χ0v) is 11.2. The quantitative estimate of drug-likeness (QED) is 0.869. The van der Waals surface area contributed by atoms with Gasteiger partial charge in [0.1, 0.15) is 0 Å². The van der Waals surface area contributed by atoms with Gasteiger partial charge in [-0.1, -0.05) is 26.0 Å². The van der Waals surface area contributed by atoms with Crippen LogP contribution < -0.4 is 10.6 Å². The molecule has 0 saturated heterocycles. The lowest BCUT2D eigenvalue weighted by molar-refractivity contribution is -0.120. The summed E-state index contributed by atoms with van der Waals surface area (Å²) in [5.74, 6) is 0.103. The molecule has 0 spiro atoms. The summed E-state index contributed by atoms with van der Waals surface area (Å²) >= 11 is 0. The molecule has 3 heteroatoms. The van der Waals surface area contributed by atoms with E-state index in [-0.39, 0.29) is 11.3 Å². The van der Waals surface area contributed by atoms with E-state index in [0.717, 1.165) is 11.3 Å². The Morgan fingerprint density at radius 1 is 1.41 bits per heavy atom. The van der Waals surface area contributed by atoms with E-state index in [1.165, 1.54) is 0 Å². The van der Waals surface area contributed by atoms with Gasteiger partial charge in [0, 0.05) is 19.2 Å². The maximum atomic E-state index is 12.1. The van der Waals surface area contributed by atoms with Crippen LogP contribution in [0, 0.1) is 12.3 Å². The third-order valence-corrected chi connectivity index (χ3v) is 2.95. The van der Waals surface area contributed by atoms with Gasteiger partial charge in [-0.05, 0) is 36.6 Å². The van der Waals surface area contributed by atoms with Gasteiger partial charge in [0.05, 0.1) is 0 Å². The Morgan fingerprint density at radius 3 is 2.59 bits per heavy atom. The van der Waals surface area contributed by atoms with Gasteiger partial charge < -0.3 is 10.6 Å². The van der Waals surface area contributed by atoms with Gasteiger partial charge >= 0.3 is 0 Å². The first kappa shape index (κ1) is 13.7. The predicted molar refractivity (Wildman–Crippen MR) is 72.0 cm³/mol. The highest BCUT2D eigenvalue weighted by Crippen LogP contribution is 2.22. The maximum absolute atomic E-state index is 12.1. The van der Waals surface area contributed by atoms with E-state index >= 15 is 0 Å². The Kier molecular flexibility index (Phi) is 4.29. The summed E-state index contributed by atoms with van der Waals surface area (Å²) in [7, 11) is 1.81. The molecule has 94 valence electrons. The van der Waals surface area contributed by atoms with Crippen molar-refractivity contribution in [2.75, 3.05) is 18.5 Å². The summed E-state index contributed by atoms with van der Waals surface area (Å²) in [6.45, 7) is 6.55. The first-order valence-electron chi connectivity index (χ1n) is 5.89. The van der Waals surface area contributed by atoms with Gasteiger partial charge in [-0.2, -0.15) is 0 Å². The lowest BCUT2D eigenvalue weighted by Gasteiger charge is -2.25. The van der Waals surface area contributed by atoms with E-state index in [0.29, 0.717) is 13.0 Å². The molecule has 1 amide bonds. The van der Waals surface area contributed by atoms with Crippen LogP contribution in [0.4, 0.5) is 5.69 Å². The third kappa shape index (κ3) is 3.86. The van der Waals surface area contributed by atoms with Crippen LogP contribution in [0.15, 0.2) is 24.3 Å². The van der Waals surface area contributed by atoms with Crippen molar-refractivity contribution in [3.8, 4) is 0 Å². The number of hydrogen-bond acceptors (Lipinski definition) is 2. The fourth-order valence-corrected chi connectivity index (χ4v) is 1.58. The second-order valence-corrected chi connectivity index (χ2v) is 5.34. The SMILES string of the molecule is Cc1cccc(N(C)C(=O)CC(C)(C)CN)c1. The van der Waals surface area contributed by atoms with Crippen molar-refractivity contribution in [2.45, 2.75) is 27.2 Å². The number of aryl methyl sites for hydroxylation is 1. The molecule has 0 aliphatic heterocycles. The van der Waals surface area contributed by atoms with Crippen molar-refractivity contribution in [2.24, 2.45) is 11.1 Å². The van der Waals surface area contributed by atoms with E-state index in [9.17, 15) is 4.79 Å². The number of rotatable bonds is 4. The number of benzene rings is 1. The molecule has 0 aliphatic rings. The van der Waals surface area contributed by atoms with Crippen LogP contribution in [0.3, 0.4) is 0 Å². The lowest BCUT2D eigenvalue weighted by atomic mass is 9.89. The second-order valence-electron chi connectivity index (χ2n) is 5.34. The zero-order valence-electron chi connectivity index (χ0n) is 11.2. The molecule has 0 aromatic heterocycles.